The van der Waals surface area contributed by atoms with Crippen LogP contribution in [0.15, 0.2) is 35.7 Å². The van der Waals surface area contributed by atoms with E-state index in [-0.39, 0.29) is 11.9 Å². The fraction of sp³-hybridized carbons (Fsp3) is 0.478. The maximum atomic E-state index is 12.6. The Morgan fingerprint density at radius 2 is 2.03 bits per heavy atom. The van der Waals surface area contributed by atoms with Gasteiger partial charge in [-0.25, -0.2) is 4.79 Å². The number of aldehydes is 1. The Hall–Kier alpha value is -2.22. The molecule has 0 bridgehead atoms. The van der Waals surface area contributed by atoms with Gasteiger partial charge in [0, 0.05) is 55.9 Å². The summed E-state index contributed by atoms with van der Waals surface area (Å²) < 4.78 is 5.39. The molecule has 1 aromatic heterocycles. The molecule has 4 rings (SSSR count). The van der Waals surface area contributed by atoms with Crippen molar-refractivity contribution in [2.45, 2.75) is 32.4 Å². The lowest BCUT2D eigenvalue weighted by atomic mass is 9.87. The van der Waals surface area contributed by atoms with Crippen LogP contribution in [0.5, 0.6) is 0 Å². The molecule has 1 aromatic carbocycles. The number of carbonyl (C=O) groups is 2. The highest BCUT2D eigenvalue weighted by Crippen LogP contribution is 2.25. The summed E-state index contributed by atoms with van der Waals surface area (Å²) >= 11 is 1.77. The molecule has 2 amide bonds. The molecule has 0 radical (unpaired) electrons. The van der Waals surface area contributed by atoms with Gasteiger partial charge in [0.1, 0.15) is 6.29 Å². The lowest BCUT2D eigenvalue weighted by molar-refractivity contribution is -0.113. The molecule has 0 saturated carbocycles. The smallest absolute Gasteiger partial charge is 0.322 e. The lowest BCUT2D eigenvalue weighted by Gasteiger charge is -2.27. The average Bonchev–Trinajstić information content (AvgIpc) is 3.26. The van der Waals surface area contributed by atoms with Crippen LogP contribution in [0.1, 0.15) is 28.8 Å². The highest BCUT2D eigenvalue weighted by Gasteiger charge is 2.23. The first-order chi connectivity index (χ1) is 14.7. The molecule has 1 saturated heterocycles. The first kappa shape index (κ1) is 21.0. The van der Waals surface area contributed by atoms with E-state index in [0.29, 0.717) is 25.6 Å². The summed E-state index contributed by atoms with van der Waals surface area (Å²) in [5, 5.41) is 8.50. The Morgan fingerprint density at radius 3 is 2.80 bits per heavy atom. The Morgan fingerprint density at radius 1 is 1.23 bits per heavy atom. The number of thiophene rings is 1. The molecule has 2 N–H and O–H groups in total. The third-order valence-corrected chi connectivity index (χ3v) is 7.08. The van der Waals surface area contributed by atoms with Gasteiger partial charge in [0.25, 0.3) is 0 Å². The van der Waals surface area contributed by atoms with Gasteiger partial charge >= 0.3 is 6.03 Å². The van der Waals surface area contributed by atoms with E-state index in [1.807, 2.05) is 29.2 Å². The zero-order valence-electron chi connectivity index (χ0n) is 17.1. The van der Waals surface area contributed by atoms with Gasteiger partial charge in [-0.3, -0.25) is 0 Å². The molecule has 1 atom stereocenters. The fourth-order valence-corrected chi connectivity index (χ4v) is 5.07. The van der Waals surface area contributed by atoms with E-state index in [2.05, 4.69) is 22.1 Å². The van der Waals surface area contributed by atoms with Crippen molar-refractivity contribution in [3.8, 4) is 0 Å². The van der Waals surface area contributed by atoms with Gasteiger partial charge in [-0.2, -0.15) is 0 Å². The minimum absolute atomic E-state index is 0.0424. The summed E-state index contributed by atoms with van der Waals surface area (Å²) in [5.74, 6) is 0.460. The van der Waals surface area contributed by atoms with Crippen molar-refractivity contribution in [1.29, 1.82) is 0 Å². The molecule has 7 heteroatoms. The van der Waals surface area contributed by atoms with Crippen LogP contribution in [-0.2, 0) is 29.0 Å². The second kappa shape index (κ2) is 10.2. The Bertz CT molecular complexity index is 846. The zero-order valence-corrected chi connectivity index (χ0v) is 18.0. The zero-order chi connectivity index (χ0) is 20.8. The van der Waals surface area contributed by atoms with Crippen LogP contribution in [0, 0.1) is 11.8 Å². The number of carbonyl (C=O) groups excluding carboxylic acids is 2. The summed E-state index contributed by atoms with van der Waals surface area (Å²) in [7, 11) is 0. The number of hydrogen-bond donors (Lipinski definition) is 2. The molecule has 3 heterocycles. The maximum absolute atomic E-state index is 12.6. The van der Waals surface area contributed by atoms with Crippen molar-refractivity contribution in [1.82, 2.24) is 10.2 Å². The van der Waals surface area contributed by atoms with Crippen LogP contribution >= 0.6 is 11.3 Å². The molecule has 2 aliphatic heterocycles. The average molecular weight is 428 g/mol. The molecule has 0 spiro atoms. The van der Waals surface area contributed by atoms with Crippen LogP contribution < -0.4 is 10.6 Å². The van der Waals surface area contributed by atoms with Crippen molar-refractivity contribution in [2.24, 2.45) is 11.8 Å². The Labute approximate surface area is 181 Å². The van der Waals surface area contributed by atoms with E-state index in [1.165, 1.54) is 10.4 Å². The monoisotopic (exact) mass is 427 g/mol. The number of rotatable bonds is 7. The topological polar surface area (TPSA) is 70.7 Å². The fourth-order valence-electron chi connectivity index (χ4n) is 4.18. The predicted octanol–water partition coefficient (Wildman–Crippen LogP) is 3.67. The predicted molar refractivity (Wildman–Crippen MR) is 119 cm³/mol. The summed E-state index contributed by atoms with van der Waals surface area (Å²) in [6.45, 7) is 4.34. The van der Waals surface area contributed by atoms with E-state index in [0.717, 1.165) is 56.6 Å². The number of anilines is 1. The molecule has 1 fully saturated rings. The second-order valence-corrected chi connectivity index (χ2v) is 9.05. The van der Waals surface area contributed by atoms with Crippen LogP contribution in [0.4, 0.5) is 10.5 Å². The maximum Gasteiger partial charge on any atom is 0.322 e. The third kappa shape index (κ3) is 5.28. The number of benzene rings is 1. The van der Waals surface area contributed by atoms with Crippen LogP contribution in [0.25, 0.3) is 0 Å². The van der Waals surface area contributed by atoms with Crippen LogP contribution in [-0.4, -0.2) is 43.5 Å². The van der Waals surface area contributed by atoms with Crippen molar-refractivity contribution < 1.29 is 14.3 Å². The summed E-state index contributed by atoms with van der Waals surface area (Å²) in [4.78, 5) is 27.3. The SMILES string of the molecule is O=CC(CNCc1ccc(NC(=O)N2CCc3sccc3C2)cc1)C1CCOCC1. The van der Waals surface area contributed by atoms with Crippen LogP contribution in [0.2, 0.25) is 0 Å². The van der Waals surface area contributed by atoms with Gasteiger partial charge in [-0.05, 0) is 59.9 Å². The number of nitrogens with one attached hydrogen (secondary N) is 2. The third-order valence-electron chi connectivity index (χ3n) is 6.06. The highest BCUT2D eigenvalue weighted by molar-refractivity contribution is 7.10. The van der Waals surface area contributed by atoms with E-state index in [9.17, 15) is 9.59 Å². The summed E-state index contributed by atoms with van der Waals surface area (Å²) in [5.41, 5.74) is 3.19. The number of fused-ring (bicyclic) bond motifs is 1. The first-order valence-corrected chi connectivity index (χ1v) is 11.5. The van der Waals surface area contributed by atoms with Crippen molar-refractivity contribution in [3.05, 3.63) is 51.7 Å². The van der Waals surface area contributed by atoms with Crippen molar-refractivity contribution in [2.75, 3.05) is 31.6 Å². The normalized spacial score (nSPS) is 17.9. The number of hydrogen-bond acceptors (Lipinski definition) is 5. The number of nitrogens with zero attached hydrogens (tertiary/aromatic N) is 1. The van der Waals surface area contributed by atoms with E-state index in [1.54, 1.807) is 11.3 Å². The standard InChI is InChI=1S/C23H29N3O3S/c27-16-20(18-6-10-29-11-7-18)14-24-13-17-1-3-21(4-2-17)25-23(28)26-9-5-22-19(15-26)8-12-30-22/h1-4,8,12,16,18,20,24H,5-7,9-11,13-15H2,(H,25,28). The molecule has 1 unspecified atom stereocenters. The molecular formula is C23H29N3O3S. The van der Waals surface area contributed by atoms with Gasteiger partial charge in [0.2, 0.25) is 0 Å². The molecule has 2 aromatic rings. The molecule has 6 nitrogen and oxygen atoms in total. The molecular weight excluding hydrogens is 398 g/mol. The highest BCUT2D eigenvalue weighted by atomic mass is 32.1. The summed E-state index contributed by atoms with van der Waals surface area (Å²) in [6.07, 6.45) is 3.94. The minimum Gasteiger partial charge on any atom is -0.381 e. The minimum atomic E-state index is -0.0528. The molecule has 0 aliphatic carbocycles. The Kier molecular flexibility index (Phi) is 7.15. The van der Waals surface area contributed by atoms with Crippen LogP contribution in [0.3, 0.4) is 0 Å². The van der Waals surface area contributed by atoms with E-state index in [4.69, 9.17) is 4.74 Å². The van der Waals surface area contributed by atoms with E-state index < -0.39 is 0 Å². The first-order valence-electron chi connectivity index (χ1n) is 10.7. The molecule has 30 heavy (non-hydrogen) atoms. The van der Waals surface area contributed by atoms with Gasteiger partial charge in [0.15, 0.2) is 0 Å². The Balaban J connectivity index is 1.23. The van der Waals surface area contributed by atoms with Gasteiger partial charge in [-0.15, -0.1) is 11.3 Å². The number of urea groups is 1. The van der Waals surface area contributed by atoms with Crippen molar-refractivity contribution >= 4 is 29.3 Å². The summed E-state index contributed by atoms with van der Waals surface area (Å²) in [6, 6.07) is 9.96. The number of amides is 2. The lowest BCUT2D eigenvalue weighted by Crippen LogP contribution is -2.38. The largest absolute Gasteiger partial charge is 0.381 e. The second-order valence-electron chi connectivity index (χ2n) is 8.05. The van der Waals surface area contributed by atoms with Gasteiger partial charge < -0.3 is 25.1 Å². The number of ether oxygens (including phenoxy) is 1. The molecule has 160 valence electrons. The van der Waals surface area contributed by atoms with Gasteiger partial charge in [-0.1, -0.05) is 12.1 Å². The molecule has 2 aliphatic rings. The van der Waals surface area contributed by atoms with Gasteiger partial charge in [0.05, 0.1) is 0 Å². The van der Waals surface area contributed by atoms with Crippen molar-refractivity contribution in [3.63, 3.8) is 0 Å². The quantitative estimate of drug-likeness (QED) is 0.662. The van der Waals surface area contributed by atoms with E-state index >= 15 is 0 Å².